The molecule has 0 radical (unpaired) electrons. The quantitative estimate of drug-likeness (QED) is 0.566. The average Bonchev–Trinajstić information content (AvgIpc) is 2.47. The van der Waals surface area contributed by atoms with Gasteiger partial charge in [0.2, 0.25) is 0 Å². The van der Waals surface area contributed by atoms with Gasteiger partial charge in [0.05, 0.1) is 12.7 Å². The maximum Gasteiger partial charge on any atom is 0.419 e. The van der Waals surface area contributed by atoms with Crippen molar-refractivity contribution < 1.29 is 22.3 Å². The van der Waals surface area contributed by atoms with Crippen LogP contribution in [0.5, 0.6) is 5.75 Å². The second-order valence-corrected chi connectivity index (χ2v) is 4.28. The van der Waals surface area contributed by atoms with E-state index in [-0.39, 0.29) is 11.1 Å². The van der Waals surface area contributed by atoms with Crippen LogP contribution in [0.4, 0.5) is 17.6 Å². The van der Waals surface area contributed by atoms with E-state index < -0.39 is 17.6 Å². The Labute approximate surface area is 119 Å². The summed E-state index contributed by atoms with van der Waals surface area (Å²) in [7, 11) is 1.42. The number of ether oxygens (including phenoxy) is 1. The molecule has 0 heterocycles. The third kappa shape index (κ3) is 3.42. The van der Waals surface area contributed by atoms with Crippen LogP contribution in [0.1, 0.15) is 11.1 Å². The first-order valence-electron chi connectivity index (χ1n) is 6.10. The average molecular weight is 296 g/mol. The monoisotopic (exact) mass is 296 g/mol. The fourth-order valence-electron chi connectivity index (χ4n) is 1.90. The molecule has 2 rings (SSSR count). The van der Waals surface area contributed by atoms with Crippen LogP contribution in [0.25, 0.3) is 11.4 Å². The summed E-state index contributed by atoms with van der Waals surface area (Å²) in [5, 5.41) is 0. The standard InChI is InChI=1S/C16H12F4O/c1-21-13-9-7-12(8-10-13)15(17)14(16(18,19)20)11-5-3-2-4-6-11/h2-10H,1H3. The Balaban J connectivity index is 2.57. The largest absolute Gasteiger partial charge is 0.497 e. The van der Waals surface area contributed by atoms with Gasteiger partial charge in [0.15, 0.2) is 0 Å². The Morgan fingerprint density at radius 2 is 1.43 bits per heavy atom. The lowest BCUT2D eigenvalue weighted by Gasteiger charge is -2.14. The van der Waals surface area contributed by atoms with Crippen LogP contribution in [0.2, 0.25) is 0 Å². The Bertz CT molecular complexity index is 628. The number of allylic oxidation sites excluding steroid dienone is 1. The third-order valence-electron chi connectivity index (χ3n) is 2.91. The second kappa shape index (κ2) is 5.99. The zero-order valence-corrected chi connectivity index (χ0v) is 11.1. The van der Waals surface area contributed by atoms with E-state index in [0.717, 1.165) is 0 Å². The second-order valence-electron chi connectivity index (χ2n) is 4.28. The van der Waals surface area contributed by atoms with Gasteiger partial charge in [-0.05, 0) is 29.8 Å². The van der Waals surface area contributed by atoms with Crippen LogP contribution < -0.4 is 4.74 Å². The molecule has 2 aromatic rings. The first-order chi connectivity index (χ1) is 9.93. The molecule has 0 unspecified atom stereocenters. The number of rotatable bonds is 3. The molecule has 0 fully saturated rings. The summed E-state index contributed by atoms with van der Waals surface area (Å²) in [5.74, 6) is -0.865. The smallest absolute Gasteiger partial charge is 0.419 e. The molecule has 0 aliphatic heterocycles. The molecule has 0 atom stereocenters. The molecule has 0 aliphatic rings. The molecule has 0 amide bonds. The van der Waals surface area contributed by atoms with Crippen molar-refractivity contribution >= 4 is 11.4 Å². The van der Waals surface area contributed by atoms with Crippen LogP contribution >= 0.6 is 0 Å². The lowest BCUT2D eigenvalue weighted by atomic mass is 10.0. The van der Waals surface area contributed by atoms with Crippen molar-refractivity contribution in [2.75, 3.05) is 7.11 Å². The Kier molecular flexibility index (Phi) is 4.31. The van der Waals surface area contributed by atoms with Crippen molar-refractivity contribution in [3.8, 4) is 5.75 Å². The minimum Gasteiger partial charge on any atom is -0.497 e. The lowest BCUT2D eigenvalue weighted by Crippen LogP contribution is -2.12. The van der Waals surface area contributed by atoms with E-state index in [9.17, 15) is 17.6 Å². The summed E-state index contributed by atoms with van der Waals surface area (Å²) >= 11 is 0. The highest BCUT2D eigenvalue weighted by molar-refractivity contribution is 5.89. The predicted molar refractivity (Wildman–Crippen MR) is 73.4 cm³/mol. The van der Waals surface area contributed by atoms with Crippen molar-refractivity contribution in [2.45, 2.75) is 6.18 Å². The Morgan fingerprint density at radius 1 is 0.857 bits per heavy atom. The molecule has 0 N–H and O–H groups in total. The van der Waals surface area contributed by atoms with Crippen LogP contribution in [-0.4, -0.2) is 13.3 Å². The maximum atomic E-state index is 14.3. The molecule has 0 saturated carbocycles. The van der Waals surface area contributed by atoms with Crippen LogP contribution in [0, 0.1) is 0 Å². The molecule has 0 aliphatic carbocycles. The summed E-state index contributed by atoms with van der Waals surface area (Å²) in [6, 6.07) is 12.2. The molecule has 0 aromatic heterocycles. The molecule has 1 nitrogen and oxygen atoms in total. The lowest BCUT2D eigenvalue weighted by molar-refractivity contribution is -0.0689. The van der Waals surface area contributed by atoms with Gasteiger partial charge in [-0.2, -0.15) is 13.2 Å². The van der Waals surface area contributed by atoms with Gasteiger partial charge < -0.3 is 4.74 Å². The third-order valence-corrected chi connectivity index (χ3v) is 2.91. The van der Waals surface area contributed by atoms with E-state index >= 15 is 0 Å². The summed E-state index contributed by atoms with van der Waals surface area (Å²) in [6.45, 7) is 0. The molecular weight excluding hydrogens is 284 g/mol. The Hall–Kier alpha value is -2.30. The van der Waals surface area contributed by atoms with Gasteiger partial charge in [-0.25, -0.2) is 4.39 Å². The SMILES string of the molecule is COc1ccc(C(F)=C(c2ccccc2)C(F)(F)F)cc1. The fraction of sp³-hybridized carbons (Fsp3) is 0.125. The summed E-state index contributed by atoms with van der Waals surface area (Å²) in [5.41, 5.74) is -1.64. The molecule has 0 spiro atoms. The van der Waals surface area contributed by atoms with E-state index in [1.165, 1.54) is 55.6 Å². The number of hydrogen-bond acceptors (Lipinski definition) is 1. The van der Waals surface area contributed by atoms with Gasteiger partial charge in [-0.15, -0.1) is 0 Å². The number of benzene rings is 2. The minimum absolute atomic E-state index is 0.146. The molecule has 21 heavy (non-hydrogen) atoms. The zero-order valence-electron chi connectivity index (χ0n) is 11.1. The molecule has 0 saturated heterocycles. The van der Waals surface area contributed by atoms with Crippen molar-refractivity contribution in [3.63, 3.8) is 0 Å². The van der Waals surface area contributed by atoms with Crippen molar-refractivity contribution in [3.05, 3.63) is 65.7 Å². The van der Waals surface area contributed by atoms with Gasteiger partial charge in [-0.3, -0.25) is 0 Å². The molecule has 110 valence electrons. The van der Waals surface area contributed by atoms with E-state index in [2.05, 4.69) is 0 Å². The minimum atomic E-state index is -4.79. The van der Waals surface area contributed by atoms with E-state index in [1.54, 1.807) is 6.07 Å². The van der Waals surface area contributed by atoms with E-state index in [1.807, 2.05) is 0 Å². The van der Waals surface area contributed by atoms with Gasteiger partial charge in [-0.1, -0.05) is 30.3 Å². The number of hydrogen-bond donors (Lipinski definition) is 0. The van der Waals surface area contributed by atoms with Crippen LogP contribution in [-0.2, 0) is 0 Å². The summed E-state index contributed by atoms with van der Waals surface area (Å²) in [6.07, 6.45) is -4.79. The molecular formula is C16H12F4O. The maximum absolute atomic E-state index is 14.3. The molecule has 2 aromatic carbocycles. The number of halogens is 4. The number of alkyl halides is 3. The van der Waals surface area contributed by atoms with Crippen molar-refractivity contribution in [2.24, 2.45) is 0 Å². The van der Waals surface area contributed by atoms with E-state index in [0.29, 0.717) is 5.75 Å². The highest BCUT2D eigenvalue weighted by Gasteiger charge is 2.38. The van der Waals surface area contributed by atoms with E-state index in [4.69, 9.17) is 4.74 Å². The topological polar surface area (TPSA) is 9.23 Å². The summed E-state index contributed by atoms with van der Waals surface area (Å²) < 4.78 is 58.7. The first-order valence-corrected chi connectivity index (χ1v) is 6.10. The highest BCUT2D eigenvalue weighted by atomic mass is 19.4. The normalized spacial score (nSPS) is 12.8. The van der Waals surface area contributed by atoms with Crippen molar-refractivity contribution in [1.82, 2.24) is 0 Å². The Morgan fingerprint density at radius 3 is 1.90 bits per heavy atom. The van der Waals surface area contributed by atoms with Gasteiger partial charge in [0, 0.05) is 5.56 Å². The van der Waals surface area contributed by atoms with Gasteiger partial charge in [0.1, 0.15) is 11.6 Å². The van der Waals surface area contributed by atoms with Gasteiger partial charge in [0.25, 0.3) is 0 Å². The van der Waals surface area contributed by atoms with Crippen molar-refractivity contribution in [1.29, 1.82) is 0 Å². The van der Waals surface area contributed by atoms with Crippen LogP contribution in [0.15, 0.2) is 54.6 Å². The van der Waals surface area contributed by atoms with Crippen LogP contribution in [0.3, 0.4) is 0 Å². The summed E-state index contributed by atoms with van der Waals surface area (Å²) in [4.78, 5) is 0. The van der Waals surface area contributed by atoms with Gasteiger partial charge >= 0.3 is 6.18 Å². The molecule has 5 heteroatoms. The zero-order chi connectivity index (χ0) is 15.5. The first kappa shape index (κ1) is 15.1. The highest BCUT2D eigenvalue weighted by Crippen LogP contribution is 2.40. The predicted octanol–water partition coefficient (Wildman–Crippen LogP) is 5.10. The fourth-order valence-corrected chi connectivity index (χ4v) is 1.90. The molecule has 0 bridgehead atoms. The number of methoxy groups -OCH3 is 1.